The smallest absolute Gasteiger partial charge is 0.238 e. The second-order valence-electron chi connectivity index (χ2n) is 5.53. The lowest BCUT2D eigenvalue weighted by atomic mass is 10.2. The Labute approximate surface area is 135 Å². The molecule has 1 fully saturated rings. The zero-order valence-corrected chi connectivity index (χ0v) is 13.7. The molecule has 7 nitrogen and oxygen atoms in total. The van der Waals surface area contributed by atoms with Crippen molar-refractivity contribution < 1.29 is 8.42 Å². The summed E-state index contributed by atoms with van der Waals surface area (Å²) in [4.78, 5) is 13.0. The fourth-order valence-electron chi connectivity index (χ4n) is 2.65. The molecule has 1 aromatic heterocycles. The summed E-state index contributed by atoms with van der Waals surface area (Å²) in [7, 11) is -3.64. The van der Waals surface area contributed by atoms with E-state index in [0.29, 0.717) is 0 Å². The molecule has 0 radical (unpaired) electrons. The number of anilines is 2. The number of nitrogens with two attached hydrogens (primary N) is 1. The second-order valence-corrected chi connectivity index (χ2v) is 7.09. The third-order valence-corrected chi connectivity index (χ3v) is 4.85. The van der Waals surface area contributed by atoms with Gasteiger partial charge in [-0.3, -0.25) is 0 Å². The maximum absolute atomic E-state index is 11.3. The summed E-state index contributed by atoms with van der Waals surface area (Å²) in [6.45, 7) is 5.35. The predicted octanol–water partition coefficient (Wildman–Crippen LogP) is 0.759. The summed E-state index contributed by atoms with van der Waals surface area (Å²) >= 11 is 0. The standard InChI is InChI=1S/C15H19N5O2S/c1-12-10-15(18-11-17-12)20-8-6-19(7-9-20)13-2-4-14(5-3-13)23(16,21)22/h2-5,10-11H,6-9H2,1H3,(H2,16,21,22). The largest absolute Gasteiger partial charge is 0.368 e. The van der Waals surface area contributed by atoms with Crippen molar-refractivity contribution >= 4 is 21.5 Å². The number of hydrogen-bond acceptors (Lipinski definition) is 6. The molecular weight excluding hydrogens is 314 g/mol. The van der Waals surface area contributed by atoms with Crippen molar-refractivity contribution in [2.75, 3.05) is 36.0 Å². The summed E-state index contributed by atoms with van der Waals surface area (Å²) in [6.07, 6.45) is 1.59. The van der Waals surface area contributed by atoms with Gasteiger partial charge in [-0.05, 0) is 31.2 Å². The molecule has 8 heteroatoms. The molecule has 0 bridgehead atoms. The van der Waals surface area contributed by atoms with E-state index in [9.17, 15) is 8.42 Å². The highest BCUT2D eigenvalue weighted by molar-refractivity contribution is 7.89. The van der Waals surface area contributed by atoms with Gasteiger partial charge in [0.2, 0.25) is 10.0 Å². The van der Waals surface area contributed by atoms with Gasteiger partial charge in [-0.1, -0.05) is 0 Å². The van der Waals surface area contributed by atoms with Gasteiger partial charge < -0.3 is 9.80 Å². The SMILES string of the molecule is Cc1cc(N2CCN(c3ccc(S(N)(=O)=O)cc3)CC2)ncn1. The lowest BCUT2D eigenvalue weighted by Crippen LogP contribution is -2.46. The van der Waals surface area contributed by atoms with Gasteiger partial charge in [0.05, 0.1) is 4.90 Å². The van der Waals surface area contributed by atoms with Gasteiger partial charge in [-0.15, -0.1) is 0 Å². The number of aryl methyl sites for hydroxylation is 1. The molecule has 1 aliphatic rings. The quantitative estimate of drug-likeness (QED) is 0.891. The van der Waals surface area contributed by atoms with Crippen LogP contribution in [0.2, 0.25) is 0 Å². The summed E-state index contributed by atoms with van der Waals surface area (Å²) in [5.74, 6) is 0.946. The van der Waals surface area contributed by atoms with Crippen LogP contribution < -0.4 is 14.9 Å². The first-order chi connectivity index (χ1) is 10.9. The van der Waals surface area contributed by atoms with Gasteiger partial charge in [-0.25, -0.2) is 23.5 Å². The van der Waals surface area contributed by atoms with E-state index in [2.05, 4.69) is 19.8 Å². The van der Waals surface area contributed by atoms with Crippen LogP contribution in [0.1, 0.15) is 5.69 Å². The average Bonchev–Trinajstić information content (AvgIpc) is 2.54. The fraction of sp³-hybridized carbons (Fsp3) is 0.333. The molecule has 2 N–H and O–H groups in total. The number of benzene rings is 1. The topological polar surface area (TPSA) is 92.4 Å². The highest BCUT2D eigenvalue weighted by Gasteiger charge is 2.19. The first-order valence-electron chi connectivity index (χ1n) is 7.35. The summed E-state index contributed by atoms with van der Waals surface area (Å²) < 4.78 is 22.6. The summed E-state index contributed by atoms with van der Waals surface area (Å²) in [5, 5.41) is 5.12. The van der Waals surface area contributed by atoms with Crippen molar-refractivity contribution in [3.63, 3.8) is 0 Å². The minimum absolute atomic E-state index is 0.136. The van der Waals surface area contributed by atoms with Crippen molar-refractivity contribution in [2.45, 2.75) is 11.8 Å². The maximum atomic E-state index is 11.3. The normalized spacial score (nSPS) is 15.7. The van der Waals surface area contributed by atoms with Crippen LogP contribution in [0.15, 0.2) is 41.6 Å². The Hall–Kier alpha value is -2.19. The van der Waals surface area contributed by atoms with E-state index in [1.165, 1.54) is 0 Å². The van der Waals surface area contributed by atoms with Crippen molar-refractivity contribution in [1.29, 1.82) is 0 Å². The van der Waals surface area contributed by atoms with E-state index < -0.39 is 10.0 Å². The van der Waals surface area contributed by atoms with Crippen LogP contribution in [-0.4, -0.2) is 44.6 Å². The third kappa shape index (κ3) is 3.59. The lowest BCUT2D eigenvalue weighted by molar-refractivity contribution is 0.597. The number of aromatic nitrogens is 2. The average molecular weight is 333 g/mol. The Bertz CT molecular complexity index is 784. The molecule has 23 heavy (non-hydrogen) atoms. The monoisotopic (exact) mass is 333 g/mol. The minimum Gasteiger partial charge on any atom is -0.368 e. The van der Waals surface area contributed by atoms with Crippen LogP contribution in [0.3, 0.4) is 0 Å². The van der Waals surface area contributed by atoms with Crippen molar-refractivity contribution in [3.8, 4) is 0 Å². The summed E-state index contributed by atoms with van der Waals surface area (Å²) in [6, 6.07) is 8.67. The highest BCUT2D eigenvalue weighted by atomic mass is 32.2. The van der Waals surface area contributed by atoms with Gasteiger partial charge in [0, 0.05) is 43.6 Å². The van der Waals surface area contributed by atoms with Gasteiger partial charge >= 0.3 is 0 Å². The molecule has 2 aromatic rings. The van der Waals surface area contributed by atoms with E-state index in [-0.39, 0.29) is 4.90 Å². The lowest BCUT2D eigenvalue weighted by Gasteiger charge is -2.36. The zero-order valence-electron chi connectivity index (χ0n) is 12.9. The first kappa shape index (κ1) is 15.7. The van der Waals surface area contributed by atoms with Gasteiger partial charge in [0.25, 0.3) is 0 Å². The number of hydrogen-bond donors (Lipinski definition) is 1. The Kier molecular flexibility index (Phi) is 4.18. The van der Waals surface area contributed by atoms with Crippen LogP contribution in [-0.2, 0) is 10.0 Å². The van der Waals surface area contributed by atoms with Crippen LogP contribution in [0.5, 0.6) is 0 Å². The first-order valence-corrected chi connectivity index (χ1v) is 8.89. The molecule has 122 valence electrons. The van der Waals surface area contributed by atoms with Gasteiger partial charge in [0.15, 0.2) is 0 Å². The Balaban J connectivity index is 1.67. The Morgan fingerprint density at radius 3 is 2.17 bits per heavy atom. The van der Waals surface area contributed by atoms with Crippen LogP contribution in [0.25, 0.3) is 0 Å². The van der Waals surface area contributed by atoms with E-state index in [4.69, 9.17) is 5.14 Å². The van der Waals surface area contributed by atoms with E-state index in [1.807, 2.05) is 13.0 Å². The Morgan fingerprint density at radius 2 is 1.61 bits per heavy atom. The molecule has 1 aliphatic heterocycles. The third-order valence-electron chi connectivity index (χ3n) is 3.92. The van der Waals surface area contributed by atoms with Crippen molar-refractivity contribution in [3.05, 3.63) is 42.4 Å². The fourth-order valence-corrected chi connectivity index (χ4v) is 3.17. The number of rotatable bonds is 3. The molecule has 1 aromatic carbocycles. The van der Waals surface area contributed by atoms with Crippen LogP contribution >= 0.6 is 0 Å². The van der Waals surface area contributed by atoms with Gasteiger partial charge in [0.1, 0.15) is 12.1 Å². The number of primary sulfonamides is 1. The van der Waals surface area contributed by atoms with Crippen LogP contribution in [0.4, 0.5) is 11.5 Å². The molecule has 0 unspecified atom stereocenters. The molecular formula is C15H19N5O2S. The molecule has 2 heterocycles. The van der Waals surface area contributed by atoms with Crippen molar-refractivity contribution in [1.82, 2.24) is 9.97 Å². The molecule has 0 atom stereocenters. The molecule has 0 amide bonds. The second kappa shape index (κ2) is 6.13. The molecule has 0 spiro atoms. The van der Waals surface area contributed by atoms with E-state index in [1.54, 1.807) is 30.6 Å². The molecule has 1 saturated heterocycles. The van der Waals surface area contributed by atoms with Crippen LogP contribution in [0, 0.1) is 6.92 Å². The molecule has 3 rings (SSSR count). The Morgan fingerprint density at radius 1 is 1.00 bits per heavy atom. The summed E-state index contributed by atoms with van der Waals surface area (Å²) in [5.41, 5.74) is 1.95. The molecule has 0 saturated carbocycles. The van der Waals surface area contributed by atoms with E-state index in [0.717, 1.165) is 43.4 Å². The zero-order chi connectivity index (χ0) is 16.4. The number of sulfonamides is 1. The number of nitrogens with zero attached hydrogens (tertiary/aromatic N) is 4. The van der Waals surface area contributed by atoms with Gasteiger partial charge in [-0.2, -0.15) is 0 Å². The predicted molar refractivity (Wildman–Crippen MR) is 89.0 cm³/mol. The highest BCUT2D eigenvalue weighted by Crippen LogP contribution is 2.21. The van der Waals surface area contributed by atoms with E-state index >= 15 is 0 Å². The maximum Gasteiger partial charge on any atom is 0.238 e. The minimum atomic E-state index is -3.64. The number of piperazine rings is 1. The molecule has 0 aliphatic carbocycles. The van der Waals surface area contributed by atoms with Crippen molar-refractivity contribution in [2.24, 2.45) is 5.14 Å².